The number of aryl methyl sites for hydroxylation is 1. The molecule has 6 nitrogen and oxygen atoms in total. The summed E-state index contributed by atoms with van der Waals surface area (Å²) in [5, 5.41) is 18.1. The van der Waals surface area contributed by atoms with Crippen molar-refractivity contribution >= 4 is 11.5 Å². The number of carbonyl (C=O) groups excluding carboxylic acids is 1. The minimum atomic E-state index is -0.392. The molecule has 0 saturated carbocycles. The third-order valence-electron chi connectivity index (χ3n) is 1.31. The van der Waals surface area contributed by atoms with E-state index in [1.165, 1.54) is 6.92 Å². The monoisotopic (exact) mass is 169 g/mol. The van der Waals surface area contributed by atoms with Crippen LogP contribution in [0.4, 0.5) is 0 Å². The molecular weight excluding hydrogens is 162 g/mol. The lowest BCUT2D eigenvalue weighted by Gasteiger charge is -1.92. The van der Waals surface area contributed by atoms with E-state index in [-0.39, 0.29) is 11.4 Å². The fourth-order valence-corrected chi connectivity index (χ4v) is 0.731. The molecule has 64 valence electrons. The summed E-state index contributed by atoms with van der Waals surface area (Å²) in [6.07, 6.45) is 0. The highest BCUT2D eigenvalue weighted by molar-refractivity contribution is 6.44. The molecule has 0 aliphatic heterocycles. The normalized spacial score (nSPS) is 11.7. The molecule has 0 bridgehead atoms. The van der Waals surface area contributed by atoms with Crippen LogP contribution in [0.3, 0.4) is 0 Å². The van der Waals surface area contributed by atoms with Crippen LogP contribution in [0, 0.1) is 6.92 Å². The van der Waals surface area contributed by atoms with Crippen molar-refractivity contribution in [2.24, 2.45) is 5.16 Å². The van der Waals surface area contributed by atoms with Crippen LogP contribution < -0.4 is 0 Å². The number of aromatic nitrogens is 2. The quantitative estimate of drug-likeness (QED) is 0.386. The fourth-order valence-electron chi connectivity index (χ4n) is 0.731. The highest BCUT2D eigenvalue weighted by Gasteiger charge is 2.17. The average Bonchev–Trinajstić information content (AvgIpc) is 2.38. The lowest BCUT2D eigenvalue weighted by atomic mass is 10.2. The summed E-state index contributed by atoms with van der Waals surface area (Å²) < 4.78 is 4.33. The van der Waals surface area contributed by atoms with E-state index in [2.05, 4.69) is 20.1 Å². The van der Waals surface area contributed by atoms with Gasteiger partial charge in [0.25, 0.3) is 0 Å². The second kappa shape index (κ2) is 3.12. The lowest BCUT2D eigenvalue weighted by Crippen LogP contribution is -2.13. The summed E-state index contributed by atoms with van der Waals surface area (Å²) in [6.45, 7) is 2.86. The summed E-state index contributed by atoms with van der Waals surface area (Å²) in [5.41, 5.74) is 0.441. The van der Waals surface area contributed by atoms with Crippen molar-refractivity contribution in [1.29, 1.82) is 0 Å². The molecule has 0 aliphatic carbocycles. The van der Waals surface area contributed by atoms with Gasteiger partial charge in [-0.15, -0.1) is 0 Å². The molecule has 0 saturated heterocycles. The van der Waals surface area contributed by atoms with Crippen molar-refractivity contribution in [3.8, 4) is 0 Å². The number of nitrogens with zero attached hydrogens (tertiary/aromatic N) is 3. The van der Waals surface area contributed by atoms with Crippen molar-refractivity contribution in [3.05, 3.63) is 11.4 Å². The first-order valence-corrected chi connectivity index (χ1v) is 3.19. The molecule has 0 aliphatic rings. The van der Waals surface area contributed by atoms with E-state index < -0.39 is 5.78 Å². The molecule has 1 heterocycles. The Kier molecular flexibility index (Phi) is 2.18. The van der Waals surface area contributed by atoms with Crippen molar-refractivity contribution in [2.75, 3.05) is 0 Å². The van der Waals surface area contributed by atoms with Crippen molar-refractivity contribution < 1.29 is 14.6 Å². The molecule has 1 aromatic heterocycles. The van der Waals surface area contributed by atoms with Crippen LogP contribution in [-0.2, 0) is 4.79 Å². The van der Waals surface area contributed by atoms with Gasteiger partial charge in [0.1, 0.15) is 5.69 Å². The average molecular weight is 169 g/mol. The minimum absolute atomic E-state index is 0.145. The number of oxime groups is 1. The van der Waals surface area contributed by atoms with Gasteiger partial charge in [-0.05, 0) is 12.1 Å². The van der Waals surface area contributed by atoms with Gasteiger partial charge in [0.15, 0.2) is 17.2 Å². The largest absolute Gasteiger partial charge is 0.410 e. The van der Waals surface area contributed by atoms with Crippen LogP contribution in [0.25, 0.3) is 0 Å². The summed E-state index contributed by atoms with van der Waals surface area (Å²) >= 11 is 0. The number of rotatable bonds is 2. The van der Waals surface area contributed by atoms with E-state index in [0.717, 1.165) is 0 Å². The molecule has 6 heteroatoms. The highest BCUT2D eigenvalue weighted by atomic mass is 16.6. The Morgan fingerprint density at radius 3 is 2.58 bits per heavy atom. The molecule has 0 spiro atoms. The van der Waals surface area contributed by atoms with E-state index in [4.69, 9.17) is 5.21 Å². The number of carbonyl (C=O) groups is 1. The number of Topliss-reactive ketones (excluding diaryl/α,β-unsaturated/α-hetero) is 1. The molecule has 12 heavy (non-hydrogen) atoms. The van der Waals surface area contributed by atoms with Crippen molar-refractivity contribution in [2.45, 2.75) is 13.8 Å². The predicted octanol–water partition coefficient (Wildman–Crippen LogP) is 0.145. The summed E-state index contributed by atoms with van der Waals surface area (Å²) in [5.74, 6) is -0.392. The van der Waals surface area contributed by atoms with Gasteiger partial charge in [0.05, 0.1) is 0 Å². The molecule has 1 aromatic rings. The van der Waals surface area contributed by atoms with Crippen LogP contribution in [0.1, 0.15) is 18.3 Å². The summed E-state index contributed by atoms with van der Waals surface area (Å²) in [4.78, 5) is 10.8. The molecule has 1 N–H and O–H groups in total. The first-order chi connectivity index (χ1) is 5.66. The fraction of sp³-hybridized carbons (Fsp3) is 0.333. The van der Waals surface area contributed by atoms with Gasteiger partial charge in [0.2, 0.25) is 0 Å². The van der Waals surface area contributed by atoms with Crippen molar-refractivity contribution in [1.82, 2.24) is 10.3 Å². The summed E-state index contributed by atoms with van der Waals surface area (Å²) in [6, 6.07) is 0. The van der Waals surface area contributed by atoms with E-state index in [1.54, 1.807) is 6.92 Å². The molecule has 0 amide bonds. The Balaban J connectivity index is 3.13. The zero-order valence-electron chi connectivity index (χ0n) is 6.61. The zero-order valence-corrected chi connectivity index (χ0v) is 6.61. The Bertz CT molecular complexity index is 329. The highest BCUT2D eigenvalue weighted by Crippen LogP contribution is 2.02. The maximum Gasteiger partial charge on any atom is 0.183 e. The zero-order chi connectivity index (χ0) is 9.14. The number of hydrogen-bond acceptors (Lipinski definition) is 6. The van der Waals surface area contributed by atoms with Crippen LogP contribution in [-0.4, -0.2) is 27.0 Å². The smallest absolute Gasteiger partial charge is 0.183 e. The van der Waals surface area contributed by atoms with E-state index in [1.807, 2.05) is 0 Å². The SMILES string of the molecule is CC(=O)/C(=N/O)c1nonc1C. The van der Waals surface area contributed by atoms with Gasteiger partial charge < -0.3 is 5.21 Å². The van der Waals surface area contributed by atoms with Gasteiger partial charge in [-0.1, -0.05) is 10.3 Å². The predicted molar refractivity (Wildman–Crippen MR) is 38.0 cm³/mol. The molecular formula is C6H7N3O3. The van der Waals surface area contributed by atoms with E-state index in [0.29, 0.717) is 5.69 Å². The third kappa shape index (κ3) is 1.31. The Hall–Kier alpha value is -1.72. The first-order valence-electron chi connectivity index (χ1n) is 3.19. The van der Waals surface area contributed by atoms with Crippen molar-refractivity contribution in [3.63, 3.8) is 0 Å². The van der Waals surface area contributed by atoms with E-state index >= 15 is 0 Å². The standard InChI is InChI=1S/C6H7N3O3/c1-3-5(9-12-8-3)6(7-11)4(2)10/h11H,1-2H3/b7-6-. The van der Waals surface area contributed by atoms with Crippen LogP contribution in [0.5, 0.6) is 0 Å². The van der Waals surface area contributed by atoms with Crippen LogP contribution in [0.2, 0.25) is 0 Å². The maximum atomic E-state index is 10.8. The first kappa shape index (κ1) is 8.38. The van der Waals surface area contributed by atoms with E-state index in [9.17, 15) is 4.79 Å². The van der Waals surface area contributed by atoms with Gasteiger partial charge >= 0.3 is 0 Å². The maximum absolute atomic E-state index is 10.8. The molecule has 0 radical (unpaired) electrons. The second-order valence-electron chi connectivity index (χ2n) is 2.20. The second-order valence-corrected chi connectivity index (χ2v) is 2.20. The molecule has 0 atom stereocenters. The van der Waals surface area contributed by atoms with Gasteiger partial charge in [-0.25, -0.2) is 4.63 Å². The summed E-state index contributed by atoms with van der Waals surface area (Å²) in [7, 11) is 0. The number of hydrogen-bond donors (Lipinski definition) is 1. The molecule has 0 unspecified atom stereocenters. The van der Waals surface area contributed by atoms with Crippen LogP contribution in [0.15, 0.2) is 9.78 Å². The number of ketones is 1. The van der Waals surface area contributed by atoms with Crippen LogP contribution >= 0.6 is 0 Å². The Labute approximate surface area is 67.8 Å². The minimum Gasteiger partial charge on any atom is -0.410 e. The Morgan fingerprint density at radius 1 is 1.58 bits per heavy atom. The molecule has 1 rings (SSSR count). The van der Waals surface area contributed by atoms with Gasteiger partial charge in [0, 0.05) is 6.92 Å². The van der Waals surface area contributed by atoms with Gasteiger partial charge in [-0.3, -0.25) is 4.79 Å². The molecule has 0 aromatic carbocycles. The molecule has 0 fully saturated rings. The lowest BCUT2D eigenvalue weighted by molar-refractivity contribution is -0.111. The third-order valence-corrected chi connectivity index (χ3v) is 1.31. The van der Waals surface area contributed by atoms with Gasteiger partial charge in [-0.2, -0.15) is 0 Å². The Morgan fingerprint density at radius 2 is 2.25 bits per heavy atom. The topological polar surface area (TPSA) is 88.6 Å².